The lowest BCUT2D eigenvalue weighted by atomic mass is 9.82. The van der Waals surface area contributed by atoms with Gasteiger partial charge in [0.25, 0.3) is 0 Å². The van der Waals surface area contributed by atoms with Crippen LogP contribution in [-0.2, 0) is 25.0 Å². The molecule has 2 aromatic heterocycles. The molecule has 0 aliphatic heterocycles. The first-order valence-electron chi connectivity index (χ1n) is 10.5. The molecule has 1 aliphatic carbocycles. The maximum absolute atomic E-state index is 12.8. The minimum atomic E-state index is -0.972. The summed E-state index contributed by atoms with van der Waals surface area (Å²) in [7, 11) is 3.35. The van der Waals surface area contributed by atoms with Crippen LogP contribution in [0.2, 0.25) is 0 Å². The van der Waals surface area contributed by atoms with E-state index in [2.05, 4.69) is 4.98 Å². The highest BCUT2D eigenvalue weighted by Gasteiger charge is 2.24. The van der Waals surface area contributed by atoms with E-state index in [0.717, 1.165) is 29.7 Å². The summed E-state index contributed by atoms with van der Waals surface area (Å²) in [5.74, 6) is 0.0858. The number of imidazole rings is 1. The van der Waals surface area contributed by atoms with Gasteiger partial charge in [0.1, 0.15) is 12.4 Å². The van der Waals surface area contributed by atoms with Gasteiger partial charge >= 0.3 is 5.69 Å². The minimum absolute atomic E-state index is 0.130. The molecule has 2 heterocycles. The van der Waals surface area contributed by atoms with Crippen LogP contribution in [0, 0.1) is 11.8 Å². The van der Waals surface area contributed by atoms with Crippen molar-refractivity contribution in [1.82, 2.24) is 14.1 Å². The molecule has 3 aromatic rings. The van der Waals surface area contributed by atoms with Crippen LogP contribution in [0.3, 0.4) is 0 Å². The Hall–Kier alpha value is -3.29. The molecule has 0 amide bonds. The first-order valence-corrected chi connectivity index (χ1v) is 10.5. The van der Waals surface area contributed by atoms with Crippen LogP contribution in [0.5, 0.6) is 11.6 Å². The maximum atomic E-state index is 12.8. The number of fused-ring (bicyclic) bond motifs is 1. The number of aliphatic carboxylic acids is 1. The van der Waals surface area contributed by atoms with Crippen molar-refractivity contribution in [3.05, 3.63) is 52.4 Å². The Morgan fingerprint density at radius 2 is 1.97 bits per heavy atom. The maximum Gasteiger partial charge on any atom is 0.330 e. The third-order valence-corrected chi connectivity index (χ3v) is 6.11. The normalized spacial score (nSPS) is 18.8. The van der Waals surface area contributed by atoms with Gasteiger partial charge in [-0.1, -0.05) is 12.1 Å². The Morgan fingerprint density at radius 3 is 2.68 bits per heavy atom. The van der Waals surface area contributed by atoms with E-state index < -0.39 is 5.97 Å². The highest BCUT2D eigenvalue weighted by Crippen LogP contribution is 2.30. The Balaban J connectivity index is 1.53. The van der Waals surface area contributed by atoms with Crippen LogP contribution >= 0.6 is 0 Å². The Labute approximate surface area is 180 Å². The van der Waals surface area contributed by atoms with Crippen LogP contribution in [0.25, 0.3) is 11.2 Å². The number of aryl methyl sites for hydroxylation is 1. The second kappa shape index (κ2) is 8.83. The first-order chi connectivity index (χ1) is 15.0. The van der Waals surface area contributed by atoms with Crippen molar-refractivity contribution in [3.8, 4) is 11.6 Å². The molecule has 31 heavy (non-hydrogen) atoms. The lowest BCUT2D eigenvalue weighted by molar-refractivity contribution is -0.312. The van der Waals surface area contributed by atoms with Crippen molar-refractivity contribution in [3.63, 3.8) is 0 Å². The molecule has 0 unspecified atom stereocenters. The van der Waals surface area contributed by atoms with Crippen LogP contribution in [0.1, 0.15) is 31.2 Å². The highest BCUT2D eigenvalue weighted by atomic mass is 16.5. The summed E-state index contributed by atoms with van der Waals surface area (Å²) in [5.41, 5.74) is 2.14. The average molecular weight is 424 g/mol. The molecule has 4 rings (SSSR count). The van der Waals surface area contributed by atoms with E-state index in [-0.39, 0.29) is 17.5 Å². The predicted molar refractivity (Wildman–Crippen MR) is 113 cm³/mol. The second-order valence-corrected chi connectivity index (χ2v) is 8.12. The molecule has 0 N–H and O–H groups in total. The van der Waals surface area contributed by atoms with E-state index in [1.165, 1.54) is 0 Å². The molecule has 164 valence electrons. The van der Waals surface area contributed by atoms with E-state index in [4.69, 9.17) is 9.47 Å². The van der Waals surface area contributed by atoms with Crippen molar-refractivity contribution in [2.24, 2.45) is 18.9 Å². The van der Waals surface area contributed by atoms with Gasteiger partial charge in [-0.05, 0) is 61.3 Å². The van der Waals surface area contributed by atoms with Gasteiger partial charge < -0.3 is 19.4 Å². The van der Waals surface area contributed by atoms with Gasteiger partial charge in [-0.2, -0.15) is 4.98 Å². The zero-order valence-electron chi connectivity index (χ0n) is 17.7. The molecule has 0 atom stereocenters. The number of methoxy groups -OCH3 is 1. The van der Waals surface area contributed by atoms with Crippen molar-refractivity contribution >= 4 is 17.1 Å². The third-order valence-electron chi connectivity index (χ3n) is 6.11. The molecule has 1 fully saturated rings. The number of hydrogen-bond acceptors (Lipinski definition) is 6. The fourth-order valence-corrected chi connectivity index (χ4v) is 4.26. The summed E-state index contributed by atoms with van der Waals surface area (Å²) in [4.78, 5) is 28.5. The zero-order valence-corrected chi connectivity index (χ0v) is 17.7. The number of aromatic nitrogens is 3. The number of carboxylic acid groups (broad SMARTS) is 1. The van der Waals surface area contributed by atoms with E-state index in [9.17, 15) is 14.7 Å². The summed E-state index contributed by atoms with van der Waals surface area (Å²) in [5, 5.41) is 11.1. The standard InChI is InChI=1S/C23H27N3O5/c1-25-19-10-11-20(31-14-16-4-3-5-18(12-16)30-2)24-21(19)26(23(25)29)13-15-6-8-17(9-7-15)22(27)28/h3-5,10-12,15,17H,6-9,13-14H2,1-2H3,(H,27,28)/p-1. The Bertz CT molecular complexity index is 1140. The number of carboxylic acids is 1. The predicted octanol–water partition coefficient (Wildman–Crippen LogP) is 1.88. The van der Waals surface area contributed by atoms with E-state index >= 15 is 0 Å². The SMILES string of the molecule is COc1cccc(COc2ccc3c(n2)n(CC2CCC(C(=O)[O-])CC2)c(=O)n3C)c1. The first kappa shape index (κ1) is 21.0. The van der Waals surface area contributed by atoms with Gasteiger partial charge in [0.15, 0.2) is 5.65 Å². The van der Waals surface area contributed by atoms with Gasteiger partial charge in [0, 0.05) is 25.6 Å². The van der Waals surface area contributed by atoms with Crippen LogP contribution in [0.15, 0.2) is 41.2 Å². The Morgan fingerprint density at radius 1 is 1.19 bits per heavy atom. The minimum Gasteiger partial charge on any atom is -0.550 e. The lowest BCUT2D eigenvalue weighted by Gasteiger charge is -2.29. The smallest absolute Gasteiger partial charge is 0.330 e. The highest BCUT2D eigenvalue weighted by molar-refractivity contribution is 5.72. The number of rotatable bonds is 7. The van der Waals surface area contributed by atoms with Crippen molar-refractivity contribution < 1.29 is 19.4 Å². The number of carbonyl (C=O) groups excluding carboxylic acids is 1. The molecule has 8 heteroatoms. The number of carbonyl (C=O) groups is 1. The fraction of sp³-hybridized carbons (Fsp3) is 0.435. The van der Waals surface area contributed by atoms with Gasteiger partial charge in [0.2, 0.25) is 5.88 Å². The van der Waals surface area contributed by atoms with Crippen LogP contribution in [-0.4, -0.2) is 27.2 Å². The second-order valence-electron chi connectivity index (χ2n) is 8.12. The fourth-order valence-electron chi connectivity index (χ4n) is 4.26. The number of benzene rings is 1. The molecule has 0 saturated heterocycles. The number of nitrogens with zero attached hydrogens (tertiary/aromatic N) is 3. The molecule has 8 nitrogen and oxygen atoms in total. The summed E-state index contributed by atoms with van der Waals surface area (Å²) in [6.07, 6.45) is 2.70. The summed E-state index contributed by atoms with van der Waals surface area (Å²) >= 11 is 0. The van der Waals surface area contributed by atoms with Gasteiger partial charge in [-0.15, -0.1) is 0 Å². The van der Waals surface area contributed by atoms with Crippen molar-refractivity contribution in [2.45, 2.75) is 38.8 Å². The number of pyridine rings is 1. The molecule has 0 radical (unpaired) electrons. The van der Waals surface area contributed by atoms with Crippen LogP contribution < -0.4 is 20.3 Å². The van der Waals surface area contributed by atoms with Gasteiger partial charge in [-0.25, -0.2) is 4.79 Å². The summed E-state index contributed by atoms with van der Waals surface area (Å²) < 4.78 is 14.4. The third kappa shape index (κ3) is 4.42. The van der Waals surface area contributed by atoms with Crippen molar-refractivity contribution in [1.29, 1.82) is 0 Å². The molecular weight excluding hydrogens is 398 g/mol. The molecule has 1 aromatic carbocycles. The van der Waals surface area contributed by atoms with E-state index in [1.807, 2.05) is 30.3 Å². The number of ether oxygens (including phenoxy) is 2. The molecule has 0 bridgehead atoms. The largest absolute Gasteiger partial charge is 0.550 e. The zero-order chi connectivity index (χ0) is 22.0. The number of hydrogen-bond donors (Lipinski definition) is 0. The summed E-state index contributed by atoms with van der Waals surface area (Å²) in [6, 6.07) is 11.2. The monoisotopic (exact) mass is 424 g/mol. The quantitative estimate of drug-likeness (QED) is 0.574. The van der Waals surface area contributed by atoms with Crippen molar-refractivity contribution in [2.75, 3.05) is 7.11 Å². The Kier molecular flexibility index (Phi) is 5.97. The van der Waals surface area contributed by atoms with E-state index in [1.54, 1.807) is 29.4 Å². The molecular formula is C23H26N3O5-. The van der Waals surface area contributed by atoms with Gasteiger partial charge in [-0.3, -0.25) is 9.13 Å². The van der Waals surface area contributed by atoms with Gasteiger partial charge in [0.05, 0.1) is 12.6 Å². The molecule has 1 aliphatic rings. The topological polar surface area (TPSA) is 98.4 Å². The lowest BCUT2D eigenvalue weighted by Crippen LogP contribution is -2.35. The van der Waals surface area contributed by atoms with E-state index in [0.29, 0.717) is 37.5 Å². The molecule has 1 saturated carbocycles. The average Bonchev–Trinajstić information content (AvgIpc) is 3.02. The van der Waals surface area contributed by atoms with Crippen LogP contribution in [0.4, 0.5) is 0 Å². The molecule has 0 spiro atoms. The summed E-state index contributed by atoms with van der Waals surface area (Å²) in [6.45, 7) is 0.849.